The average Bonchev–Trinajstić information content (AvgIpc) is 3.56. The van der Waals surface area contributed by atoms with Crippen LogP contribution in [0.15, 0.2) is 67.8 Å². The first-order valence-corrected chi connectivity index (χ1v) is 13.7. The van der Waals surface area contributed by atoms with Crippen LogP contribution in [0.2, 0.25) is 0 Å². The zero-order valence-corrected chi connectivity index (χ0v) is 22.3. The van der Waals surface area contributed by atoms with Crippen LogP contribution in [0.3, 0.4) is 0 Å². The molecule has 1 aliphatic carbocycles. The predicted molar refractivity (Wildman–Crippen MR) is 144 cm³/mol. The largest absolute Gasteiger partial charge is 0.478 e. The fourth-order valence-corrected chi connectivity index (χ4v) is 6.28. The predicted octanol–water partition coefficient (Wildman–Crippen LogP) is 4.17. The zero-order chi connectivity index (χ0) is 27.7. The number of carbonyl (C=O) groups excluding carboxylic acids is 2. The number of aryl methyl sites for hydroxylation is 1. The Morgan fingerprint density at radius 2 is 2.13 bits per heavy atom. The Kier molecular flexibility index (Phi) is 7.23. The highest BCUT2D eigenvalue weighted by Crippen LogP contribution is 2.47. The van der Waals surface area contributed by atoms with Crippen LogP contribution in [-0.2, 0) is 9.59 Å². The van der Waals surface area contributed by atoms with Gasteiger partial charge in [0.2, 0.25) is 11.0 Å². The lowest BCUT2D eigenvalue weighted by atomic mass is 9.78. The monoisotopic (exact) mass is 562 g/mol. The van der Waals surface area contributed by atoms with E-state index < -0.39 is 11.9 Å². The van der Waals surface area contributed by atoms with E-state index in [0.717, 1.165) is 11.8 Å². The van der Waals surface area contributed by atoms with Crippen molar-refractivity contribution in [3.05, 3.63) is 76.1 Å². The number of nitrogens with zero attached hydrogens (tertiary/aromatic N) is 4. The molecule has 2 aromatic heterocycles. The lowest BCUT2D eigenvalue weighted by Crippen LogP contribution is -2.38. The number of aromatic carboxylic acids is 1. The molecule has 0 saturated heterocycles. The molecule has 1 amide bonds. The SMILES string of the molecule is Cc1ccc(C2C(C#N)=C(N)N(c3nnc(SCC(=O)Nc4cccc(C(=O)O)c4)s3)C3=C2C(=O)CCC3)o1. The second-order valence-electron chi connectivity index (χ2n) is 8.84. The molecule has 0 spiro atoms. The molecular formula is C26H22N6O5S2. The molecule has 0 bridgehead atoms. The van der Waals surface area contributed by atoms with Gasteiger partial charge in [-0.15, -0.1) is 10.2 Å². The van der Waals surface area contributed by atoms with Gasteiger partial charge in [-0.1, -0.05) is 29.2 Å². The van der Waals surface area contributed by atoms with Crippen LogP contribution in [0.5, 0.6) is 0 Å². The van der Waals surface area contributed by atoms with Crippen molar-refractivity contribution in [1.29, 1.82) is 5.26 Å². The number of amides is 1. The van der Waals surface area contributed by atoms with Gasteiger partial charge < -0.3 is 20.6 Å². The number of hydrogen-bond donors (Lipinski definition) is 3. The van der Waals surface area contributed by atoms with E-state index in [9.17, 15) is 19.6 Å². The molecule has 3 heterocycles. The van der Waals surface area contributed by atoms with Gasteiger partial charge in [-0.25, -0.2) is 4.79 Å². The zero-order valence-electron chi connectivity index (χ0n) is 20.6. The number of allylic oxidation sites excluding steroid dienone is 3. The molecule has 1 atom stereocenters. The number of aromatic nitrogens is 2. The number of benzene rings is 1. The van der Waals surface area contributed by atoms with Gasteiger partial charge >= 0.3 is 5.97 Å². The summed E-state index contributed by atoms with van der Waals surface area (Å²) in [6.45, 7) is 1.80. The molecular weight excluding hydrogens is 540 g/mol. The van der Waals surface area contributed by atoms with Gasteiger partial charge in [0.15, 0.2) is 10.1 Å². The number of nitriles is 1. The van der Waals surface area contributed by atoms with E-state index in [1.54, 1.807) is 36.1 Å². The Bertz CT molecular complexity index is 1600. The van der Waals surface area contributed by atoms with Crippen LogP contribution in [0.25, 0.3) is 0 Å². The molecule has 11 nitrogen and oxygen atoms in total. The third kappa shape index (κ3) is 5.16. The van der Waals surface area contributed by atoms with E-state index in [1.165, 1.54) is 23.5 Å². The first-order chi connectivity index (χ1) is 18.8. The molecule has 1 unspecified atom stereocenters. The summed E-state index contributed by atoms with van der Waals surface area (Å²) < 4.78 is 6.30. The summed E-state index contributed by atoms with van der Waals surface area (Å²) in [6, 6.07) is 11.7. The number of hydrogen-bond acceptors (Lipinski definition) is 11. The number of thioether (sulfide) groups is 1. The number of Topliss-reactive ketones (excluding diaryl/α,β-unsaturated/α-hetero) is 1. The van der Waals surface area contributed by atoms with E-state index >= 15 is 0 Å². The molecule has 1 aliphatic heterocycles. The second-order valence-corrected chi connectivity index (χ2v) is 11.0. The standard InChI is InChI=1S/C26H22N6O5S2/c1-13-8-9-19(37-13)21-16(11-27)23(28)32(17-6-3-7-18(33)22(17)21)25-30-31-26(39-25)38-12-20(34)29-15-5-2-4-14(10-15)24(35)36/h2,4-5,8-10,21H,3,6-7,12,28H2,1H3,(H,29,34)(H,35,36). The lowest BCUT2D eigenvalue weighted by molar-refractivity contribution is -0.116. The van der Waals surface area contributed by atoms with E-state index in [-0.39, 0.29) is 34.4 Å². The summed E-state index contributed by atoms with van der Waals surface area (Å²) in [7, 11) is 0. The number of rotatable bonds is 7. The van der Waals surface area contributed by atoms with Crippen LogP contribution in [0, 0.1) is 18.3 Å². The summed E-state index contributed by atoms with van der Waals surface area (Å²) in [5.41, 5.74) is 8.32. The highest BCUT2D eigenvalue weighted by atomic mass is 32.2. The Balaban J connectivity index is 1.38. The molecule has 1 aromatic carbocycles. The number of carbonyl (C=O) groups is 3. The molecule has 0 radical (unpaired) electrons. The van der Waals surface area contributed by atoms with Gasteiger partial charge in [-0.05, 0) is 50.1 Å². The third-order valence-corrected chi connectivity index (χ3v) is 8.31. The van der Waals surface area contributed by atoms with Gasteiger partial charge in [0.1, 0.15) is 17.3 Å². The number of ketones is 1. The molecule has 2 aliphatic rings. The van der Waals surface area contributed by atoms with Crippen LogP contribution in [0.1, 0.15) is 47.1 Å². The summed E-state index contributed by atoms with van der Waals surface area (Å²) >= 11 is 2.34. The van der Waals surface area contributed by atoms with Gasteiger partial charge in [0.25, 0.3) is 0 Å². The third-order valence-electron chi connectivity index (χ3n) is 6.27. The van der Waals surface area contributed by atoms with Crippen molar-refractivity contribution in [3.63, 3.8) is 0 Å². The number of furan rings is 1. The molecule has 198 valence electrons. The maximum Gasteiger partial charge on any atom is 0.335 e. The Morgan fingerprint density at radius 1 is 1.31 bits per heavy atom. The van der Waals surface area contributed by atoms with Gasteiger partial charge in [-0.2, -0.15) is 5.26 Å². The van der Waals surface area contributed by atoms with Crippen LogP contribution >= 0.6 is 23.1 Å². The summed E-state index contributed by atoms with van der Waals surface area (Å²) in [5, 5.41) is 30.7. The number of nitrogens with two attached hydrogens (primary N) is 1. The highest BCUT2D eigenvalue weighted by Gasteiger charge is 2.42. The van der Waals surface area contributed by atoms with Crippen molar-refractivity contribution in [2.45, 2.75) is 36.4 Å². The van der Waals surface area contributed by atoms with E-state index in [0.29, 0.717) is 57.2 Å². The second kappa shape index (κ2) is 10.8. The number of nitrogens with one attached hydrogen (secondary N) is 1. The van der Waals surface area contributed by atoms with E-state index in [2.05, 4.69) is 21.6 Å². The minimum absolute atomic E-state index is 0.00699. The van der Waals surface area contributed by atoms with Crippen molar-refractivity contribution in [2.24, 2.45) is 5.73 Å². The normalized spacial score (nSPS) is 17.2. The van der Waals surface area contributed by atoms with E-state index in [4.69, 9.17) is 15.3 Å². The van der Waals surface area contributed by atoms with Crippen molar-refractivity contribution in [1.82, 2.24) is 10.2 Å². The van der Waals surface area contributed by atoms with Gasteiger partial charge in [0.05, 0.1) is 28.9 Å². The van der Waals surface area contributed by atoms with Crippen LogP contribution < -0.4 is 16.0 Å². The molecule has 3 aromatic rings. The smallest absolute Gasteiger partial charge is 0.335 e. The summed E-state index contributed by atoms with van der Waals surface area (Å²) in [4.78, 5) is 38.4. The van der Waals surface area contributed by atoms with Crippen molar-refractivity contribution >= 4 is 51.6 Å². The van der Waals surface area contributed by atoms with Crippen LogP contribution in [0.4, 0.5) is 10.8 Å². The average molecular weight is 563 g/mol. The van der Waals surface area contributed by atoms with Crippen molar-refractivity contribution in [3.8, 4) is 6.07 Å². The first-order valence-electron chi connectivity index (χ1n) is 11.9. The van der Waals surface area contributed by atoms with Crippen LogP contribution in [-0.4, -0.2) is 38.7 Å². The molecule has 4 N–H and O–H groups in total. The maximum atomic E-state index is 13.1. The first kappa shape index (κ1) is 26.2. The Hall–Kier alpha value is -4.41. The highest BCUT2D eigenvalue weighted by molar-refractivity contribution is 8.01. The van der Waals surface area contributed by atoms with Crippen molar-refractivity contribution < 1.29 is 23.9 Å². The quantitative estimate of drug-likeness (QED) is 0.352. The molecule has 0 saturated carbocycles. The molecule has 5 rings (SSSR count). The maximum absolute atomic E-state index is 13.1. The Morgan fingerprint density at radius 3 is 2.85 bits per heavy atom. The molecule has 0 fully saturated rings. The number of anilines is 2. The van der Waals surface area contributed by atoms with Gasteiger partial charge in [-0.3, -0.25) is 14.5 Å². The minimum Gasteiger partial charge on any atom is -0.478 e. The number of carboxylic acids is 1. The summed E-state index contributed by atoms with van der Waals surface area (Å²) in [5.74, 6) is -0.864. The fraction of sp³-hybridized carbons (Fsp3) is 0.231. The molecule has 13 heteroatoms. The topological polar surface area (TPSA) is 175 Å². The fourth-order valence-electron chi connectivity index (χ4n) is 4.60. The number of carboxylic acid groups (broad SMARTS) is 1. The summed E-state index contributed by atoms with van der Waals surface area (Å²) in [6.07, 6.45) is 1.57. The molecule has 39 heavy (non-hydrogen) atoms. The Labute approximate surface area is 231 Å². The van der Waals surface area contributed by atoms with Crippen molar-refractivity contribution in [2.75, 3.05) is 16.0 Å². The van der Waals surface area contributed by atoms with Gasteiger partial charge in [0, 0.05) is 23.4 Å². The van der Waals surface area contributed by atoms with E-state index in [1.807, 2.05) is 0 Å². The lowest BCUT2D eigenvalue weighted by Gasteiger charge is -2.37. The minimum atomic E-state index is -1.09.